The molecular formula is C22H21N3O7S. The molecule has 1 aliphatic rings. The lowest BCUT2D eigenvalue weighted by Gasteiger charge is -2.15. The van der Waals surface area contributed by atoms with Crippen LogP contribution >= 0.6 is 11.9 Å². The van der Waals surface area contributed by atoms with Crippen LogP contribution in [0.15, 0.2) is 55.0 Å². The molecular weight excluding hydrogens is 450 g/mol. The van der Waals surface area contributed by atoms with E-state index in [0.717, 1.165) is 11.1 Å². The van der Waals surface area contributed by atoms with Crippen LogP contribution in [0.4, 0.5) is 10.5 Å². The van der Waals surface area contributed by atoms with Crippen LogP contribution in [0, 0.1) is 5.92 Å². The standard InChI is InChI=1S/C20H19N3O3S.C2H2O4/c1-2-26-20(25)22-12-17(16-7-3-4-8-18(16)22)19(24)14-11-23(27-13-14)15-6-5-9-21-10-15;3-1(4)2(5)6/h3-10,12,14H,2,11,13H2,1H3;(H,3,4)(H,5,6). The Labute approximate surface area is 192 Å². The van der Waals surface area contributed by atoms with Gasteiger partial charge in [0.2, 0.25) is 0 Å². The number of aromatic nitrogens is 2. The molecule has 3 heterocycles. The SMILES string of the molecule is CCOC(=O)n1cc(C(=O)C2CSN(c3cccnc3)C2)c2ccccc21.O=C(O)C(=O)O. The molecule has 0 radical (unpaired) electrons. The topological polar surface area (TPSA) is 139 Å². The maximum atomic E-state index is 13.2. The molecule has 172 valence electrons. The van der Waals surface area contributed by atoms with Crippen molar-refractivity contribution >= 4 is 52.4 Å². The van der Waals surface area contributed by atoms with E-state index < -0.39 is 18.0 Å². The molecule has 0 saturated carbocycles. The number of Topliss-reactive ketones (excluding diaryl/α,β-unsaturated/α-hetero) is 1. The van der Waals surface area contributed by atoms with E-state index in [4.69, 9.17) is 24.5 Å². The molecule has 33 heavy (non-hydrogen) atoms. The molecule has 1 fully saturated rings. The lowest BCUT2D eigenvalue weighted by molar-refractivity contribution is -0.159. The second-order valence-electron chi connectivity index (χ2n) is 6.87. The van der Waals surface area contributed by atoms with Gasteiger partial charge in [-0.1, -0.05) is 18.2 Å². The molecule has 1 unspecified atom stereocenters. The molecule has 2 N–H and O–H groups in total. The molecule has 4 rings (SSSR count). The van der Waals surface area contributed by atoms with Crippen LogP contribution in [0.3, 0.4) is 0 Å². The molecule has 1 aliphatic heterocycles. The first-order valence-corrected chi connectivity index (χ1v) is 10.9. The van der Waals surface area contributed by atoms with Gasteiger partial charge in [0, 0.05) is 35.6 Å². The van der Waals surface area contributed by atoms with Crippen molar-refractivity contribution < 1.29 is 34.1 Å². The Bertz CT molecular complexity index is 1170. The van der Waals surface area contributed by atoms with Crippen LogP contribution in [-0.4, -0.2) is 62.5 Å². The first-order chi connectivity index (χ1) is 15.8. The molecule has 11 heteroatoms. The minimum atomic E-state index is -1.82. The van der Waals surface area contributed by atoms with E-state index >= 15 is 0 Å². The molecule has 10 nitrogen and oxygen atoms in total. The summed E-state index contributed by atoms with van der Waals surface area (Å²) in [4.78, 5) is 47.8. The minimum Gasteiger partial charge on any atom is -0.473 e. The number of para-hydroxylation sites is 1. The number of hydrogen-bond acceptors (Lipinski definition) is 8. The highest BCUT2D eigenvalue weighted by Crippen LogP contribution is 2.34. The summed E-state index contributed by atoms with van der Waals surface area (Å²) in [7, 11) is 0. The number of carbonyl (C=O) groups excluding carboxylic acids is 2. The summed E-state index contributed by atoms with van der Waals surface area (Å²) in [5.74, 6) is -3.04. The first-order valence-electron chi connectivity index (χ1n) is 9.91. The van der Waals surface area contributed by atoms with E-state index in [1.165, 1.54) is 4.57 Å². The zero-order valence-electron chi connectivity index (χ0n) is 17.6. The van der Waals surface area contributed by atoms with Gasteiger partial charge in [0.05, 0.1) is 29.9 Å². The summed E-state index contributed by atoms with van der Waals surface area (Å²) in [6.45, 7) is 2.67. The largest absolute Gasteiger partial charge is 0.473 e. The normalized spacial score (nSPS) is 14.9. The third-order valence-corrected chi connectivity index (χ3v) is 5.97. The molecule has 2 aromatic heterocycles. The Morgan fingerprint density at radius 2 is 1.85 bits per heavy atom. The van der Waals surface area contributed by atoms with Crippen LogP contribution in [-0.2, 0) is 14.3 Å². The maximum Gasteiger partial charge on any atom is 0.418 e. The lowest BCUT2D eigenvalue weighted by Crippen LogP contribution is -2.22. The number of carbonyl (C=O) groups is 4. The van der Waals surface area contributed by atoms with Crippen LogP contribution in [0.2, 0.25) is 0 Å². The lowest BCUT2D eigenvalue weighted by atomic mass is 9.98. The number of rotatable bonds is 4. The predicted molar refractivity (Wildman–Crippen MR) is 121 cm³/mol. The third kappa shape index (κ3) is 5.50. The van der Waals surface area contributed by atoms with Gasteiger partial charge in [-0.15, -0.1) is 0 Å². The summed E-state index contributed by atoms with van der Waals surface area (Å²) >= 11 is 1.63. The molecule has 0 amide bonds. The van der Waals surface area contributed by atoms with Crippen LogP contribution < -0.4 is 4.31 Å². The van der Waals surface area contributed by atoms with Gasteiger partial charge in [0.15, 0.2) is 5.78 Å². The fourth-order valence-electron chi connectivity index (χ4n) is 3.27. The van der Waals surface area contributed by atoms with Crippen molar-refractivity contribution in [2.24, 2.45) is 5.92 Å². The highest BCUT2D eigenvalue weighted by atomic mass is 32.2. The molecule has 1 aromatic carbocycles. The molecule has 1 atom stereocenters. The van der Waals surface area contributed by atoms with E-state index in [2.05, 4.69) is 9.29 Å². The second-order valence-corrected chi connectivity index (χ2v) is 7.90. The van der Waals surface area contributed by atoms with Crippen molar-refractivity contribution in [2.45, 2.75) is 6.92 Å². The minimum absolute atomic E-state index is 0.0492. The van der Waals surface area contributed by atoms with Crippen LogP contribution in [0.1, 0.15) is 17.3 Å². The number of carboxylic acid groups (broad SMARTS) is 2. The average Bonchev–Trinajstić information content (AvgIpc) is 3.46. The van der Waals surface area contributed by atoms with Crippen molar-refractivity contribution in [3.8, 4) is 0 Å². The number of carboxylic acids is 2. The highest BCUT2D eigenvalue weighted by molar-refractivity contribution is 8.00. The van der Waals surface area contributed by atoms with E-state index in [0.29, 0.717) is 23.4 Å². The summed E-state index contributed by atoms with van der Waals surface area (Å²) < 4.78 is 8.64. The molecule has 3 aromatic rings. The van der Waals surface area contributed by atoms with Gasteiger partial charge in [-0.3, -0.25) is 14.3 Å². The first kappa shape index (κ1) is 23.8. The zero-order valence-corrected chi connectivity index (χ0v) is 18.4. The Kier molecular flexibility index (Phi) is 7.67. The number of pyridine rings is 1. The molecule has 1 saturated heterocycles. The quantitative estimate of drug-likeness (QED) is 0.331. The fraction of sp³-hybridized carbons (Fsp3) is 0.227. The summed E-state index contributed by atoms with van der Waals surface area (Å²) in [6.07, 6.45) is 4.68. The van der Waals surface area contributed by atoms with Gasteiger partial charge in [0.1, 0.15) is 0 Å². The second kappa shape index (κ2) is 10.6. The Morgan fingerprint density at radius 3 is 2.48 bits per heavy atom. The van der Waals surface area contributed by atoms with E-state index in [1.54, 1.807) is 37.5 Å². The van der Waals surface area contributed by atoms with E-state index in [-0.39, 0.29) is 18.3 Å². The molecule has 0 bridgehead atoms. The summed E-state index contributed by atoms with van der Waals surface area (Å²) in [6, 6.07) is 11.3. The Balaban J connectivity index is 0.000000454. The van der Waals surface area contributed by atoms with Crippen molar-refractivity contribution in [3.63, 3.8) is 0 Å². The smallest absolute Gasteiger partial charge is 0.418 e. The average molecular weight is 471 g/mol. The maximum absolute atomic E-state index is 13.2. The van der Waals surface area contributed by atoms with Gasteiger partial charge in [-0.05, 0) is 37.1 Å². The molecule has 0 spiro atoms. The number of ether oxygens (including phenoxy) is 1. The fourth-order valence-corrected chi connectivity index (χ4v) is 4.42. The van der Waals surface area contributed by atoms with Gasteiger partial charge in [-0.25, -0.2) is 14.4 Å². The highest BCUT2D eigenvalue weighted by Gasteiger charge is 2.32. The van der Waals surface area contributed by atoms with Crippen molar-refractivity contribution in [1.82, 2.24) is 9.55 Å². The van der Waals surface area contributed by atoms with E-state index in [1.807, 2.05) is 36.4 Å². The van der Waals surface area contributed by atoms with Crippen molar-refractivity contribution in [3.05, 3.63) is 60.6 Å². The number of anilines is 1. The number of ketones is 1. The summed E-state index contributed by atoms with van der Waals surface area (Å²) in [5.41, 5.74) is 2.25. The Morgan fingerprint density at radius 1 is 1.12 bits per heavy atom. The van der Waals surface area contributed by atoms with Crippen LogP contribution in [0.25, 0.3) is 10.9 Å². The van der Waals surface area contributed by atoms with Gasteiger partial charge < -0.3 is 19.3 Å². The van der Waals surface area contributed by atoms with Crippen molar-refractivity contribution in [2.75, 3.05) is 23.2 Å². The van der Waals surface area contributed by atoms with Gasteiger partial charge in [0.25, 0.3) is 0 Å². The Hall–Kier alpha value is -3.86. The van der Waals surface area contributed by atoms with E-state index in [9.17, 15) is 9.59 Å². The number of hydrogen-bond donors (Lipinski definition) is 2. The zero-order chi connectivity index (χ0) is 24.0. The number of fused-ring (bicyclic) bond motifs is 1. The van der Waals surface area contributed by atoms with Gasteiger partial charge >= 0.3 is 18.0 Å². The van der Waals surface area contributed by atoms with Crippen molar-refractivity contribution in [1.29, 1.82) is 0 Å². The number of nitrogens with zero attached hydrogens (tertiary/aromatic N) is 3. The van der Waals surface area contributed by atoms with Gasteiger partial charge in [-0.2, -0.15) is 0 Å². The number of benzene rings is 1. The predicted octanol–water partition coefficient (Wildman–Crippen LogP) is 3.16. The summed E-state index contributed by atoms with van der Waals surface area (Å²) in [5, 5.41) is 15.6. The molecule has 0 aliphatic carbocycles. The monoisotopic (exact) mass is 471 g/mol. The number of aliphatic carboxylic acids is 2. The van der Waals surface area contributed by atoms with Crippen LogP contribution in [0.5, 0.6) is 0 Å². The third-order valence-electron chi connectivity index (χ3n) is 4.75.